The first-order chi connectivity index (χ1) is 13.1. The highest BCUT2D eigenvalue weighted by Crippen LogP contribution is 2.33. The number of hydrogen-bond acceptors (Lipinski definition) is 7. The number of aromatic nitrogens is 2. The van der Waals surface area contributed by atoms with Crippen LogP contribution in [-0.2, 0) is 0 Å². The highest BCUT2D eigenvalue weighted by molar-refractivity contribution is 6.34. The fraction of sp³-hybridized carbons (Fsp3) is 0.105. The van der Waals surface area contributed by atoms with E-state index in [9.17, 15) is 0 Å². The SMILES string of the molecule is COc1ccc(Cl)c(C2=NN(C)c3nc(Nc4ccccc4)ncc3O2)c1. The number of para-hydroxylation sites is 1. The molecule has 1 aliphatic rings. The van der Waals surface area contributed by atoms with Gasteiger partial charge in [-0.3, -0.25) is 0 Å². The van der Waals surface area contributed by atoms with Gasteiger partial charge < -0.3 is 14.8 Å². The first-order valence-corrected chi connectivity index (χ1v) is 8.55. The molecule has 0 bridgehead atoms. The number of hydrogen-bond donors (Lipinski definition) is 1. The van der Waals surface area contributed by atoms with Crippen LogP contribution in [0.15, 0.2) is 59.8 Å². The molecule has 1 aliphatic heterocycles. The monoisotopic (exact) mass is 381 g/mol. The summed E-state index contributed by atoms with van der Waals surface area (Å²) < 4.78 is 11.1. The number of hydrazone groups is 1. The van der Waals surface area contributed by atoms with Crippen molar-refractivity contribution < 1.29 is 9.47 Å². The second kappa shape index (κ2) is 7.13. The second-order valence-corrected chi connectivity index (χ2v) is 6.16. The minimum absolute atomic E-state index is 0.348. The van der Waals surface area contributed by atoms with E-state index in [-0.39, 0.29) is 0 Å². The standard InChI is InChI=1S/C19H16ClN5O2/c1-25-17-16(11-21-19(23-17)22-12-6-4-3-5-7-12)27-18(24-25)14-10-13(26-2)8-9-15(14)20/h3-11H,1-2H3,(H,21,22,23). The van der Waals surface area contributed by atoms with E-state index < -0.39 is 0 Å². The smallest absolute Gasteiger partial charge is 0.245 e. The Balaban J connectivity index is 1.63. The van der Waals surface area contributed by atoms with Gasteiger partial charge in [-0.1, -0.05) is 29.8 Å². The summed E-state index contributed by atoms with van der Waals surface area (Å²) in [7, 11) is 3.38. The van der Waals surface area contributed by atoms with Crippen LogP contribution in [0.25, 0.3) is 0 Å². The molecule has 1 aromatic heterocycles. The number of nitrogens with zero attached hydrogens (tertiary/aromatic N) is 4. The summed E-state index contributed by atoms with van der Waals surface area (Å²) >= 11 is 6.30. The van der Waals surface area contributed by atoms with Gasteiger partial charge in [-0.05, 0) is 30.3 Å². The molecule has 0 unspecified atom stereocenters. The summed E-state index contributed by atoms with van der Waals surface area (Å²) in [6.07, 6.45) is 1.60. The van der Waals surface area contributed by atoms with Gasteiger partial charge in [0.15, 0.2) is 11.6 Å². The average molecular weight is 382 g/mol. The average Bonchev–Trinajstić information content (AvgIpc) is 2.69. The van der Waals surface area contributed by atoms with Gasteiger partial charge in [-0.25, -0.2) is 9.99 Å². The maximum atomic E-state index is 6.30. The van der Waals surface area contributed by atoms with Crippen LogP contribution < -0.4 is 19.8 Å². The van der Waals surface area contributed by atoms with Crippen molar-refractivity contribution in [2.24, 2.45) is 5.10 Å². The van der Waals surface area contributed by atoms with Gasteiger partial charge in [0, 0.05) is 12.7 Å². The third kappa shape index (κ3) is 3.50. The fourth-order valence-corrected chi connectivity index (χ4v) is 2.79. The molecule has 0 atom stereocenters. The number of nitrogens with one attached hydrogen (secondary N) is 1. The highest BCUT2D eigenvalue weighted by atomic mass is 35.5. The molecule has 136 valence electrons. The molecular weight excluding hydrogens is 366 g/mol. The molecule has 0 saturated heterocycles. The second-order valence-electron chi connectivity index (χ2n) is 5.75. The summed E-state index contributed by atoms with van der Waals surface area (Å²) in [5.74, 6) is 2.49. The van der Waals surface area contributed by atoms with E-state index in [0.717, 1.165) is 5.69 Å². The van der Waals surface area contributed by atoms with E-state index in [4.69, 9.17) is 21.1 Å². The van der Waals surface area contributed by atoms with E-state index in [1.807, 2.05) is 30.3 Å². The molecule has 4 rings (SSSR count). The van der Waals surface area contributed by atoms with Crippen LogP contribution in [0.1, 0.15) is 5.56 Å². The van der Waals surface area contributed by atoms with Gasteiger partial charge in [-0.15, -0.1) is 5.10 Å². The number of fused-ring (bicyclic) bond motifs is 1. The molecule has 0 fully saturated rings. The summed E-state index contributed by atoms with van der Waals surface area (Å²) in [5, 5.41) is 9.73. The summed E-state index contributed by atoms with van der Waals surface area (Å²) in [4.78, 5) is 8.81. The van der Waals surface area contributed by atoms with Crippen molar-refractivity contribution in [2.75, 3.05) is 24.5 Å². The van der Waals surface area contributed by atoms with Crippen LogP contribution in [0, 0.1) is 0 Å². The molecule has 3 aromatic rings. The maximum Gasteiger partial charge on any atom is 0.245 e. The van der Waals surface area contributed by atoms with Crippen LogP contribution in [0.5, 0.6) is 11.5 Å². The topological polar surface area (TPSA) is 71.9 Å². The maximum absolute atomic E-state index is 6.30. The quantitative estimate of drug-likeness (QED) is 0.734. The number of halogens is 1. The first kappa shape index (κ1) is 17.1. The molecular formula is C19H16ClN5O2. The highest BCUT2D eigenvalue weighted by Gasteiger charge is 2.24. The Morgan fingerprint density at radius 2 is 1.96 bits per heavy atom. The van der Waals surface area contributed by atoms with Crippen molar-refractivity contribution in [2.45, 2.75) is 0 Å². The summed E-state index contributed by atoms with van der Waals surface area (Å²) in [5.41, 5.74) is 1.52. The molecule has 0 spiro atoms. The molecule has 7 nitrogen and oxygen atoms in total. The molecule has 1 N–H and O–H groups in total. The largest absolute Gasteiger partial charge is 0.497 e. The molecule has 0 amide bonds. The Hall–Kier alpha value is -3.32. The van der Waals surface area contributed by atoms with Gasteiger partial charge in [0.2, 0.25) is 11.8 Å². The lowest BCUT2D eigenvalue weighted by Crippen LogP contribution is -2.26. The van der Waals surface area contributed by atoms with Gasteiger partial charge >= 0.3 is 0 Å². The van der Waals surface area contributed by atoms with Gasteiger partial charge in [-0.2, -0.15) is 4.98 Å². The first-order valence-electron chi connectivity index (χ1n) is 8.17. The van der Waals surface area contributed by atoms with Crippen molar-refractivity contribution in [3.8, 4) is 11.5 Å². The third-order valence-corrected chi connectivity index (χ3v) is 4.25. The predicted octanol–water partition coefficient (Wildman–Crippen LogP) is 4.07. The van der Waals surface area contributed by atoms with Crippen LogP contribution in [0.3, 0.4) is 0 Å². The van der Waals surface area contributed by atoms with Crippen molar-refractivity contribution in [1.82, 2.24) is 9.97 Å². The molecule has 0 saturated carbocycles. The Labute approximate surface area is 161 Å². The number of ether oxygens (including phenoxy) is 2. The summed E-state index contributed by atoms with van der Waals surface area (Å²) in [6, 6.07) is 15.0. The normalized spacial score (nSPS) is 12.7. The Morgan fingerprint density at radius 1 is 1.15 bits per heavy atom. The minimum atomic E-state index is 0.348. The molecule has 2 heterocycles. The van der Waals surface area contributed by atoms with Crippen LogP contribution >= 0.6 is 11.6 Å². The molecule has 0 radical (unpaired) electrons. The van der Waals surface area contributed by atoms with Crippen LogP contribution in [0.2, 0.25) is 5.02 Å². The van der Waals surface area contributed by atoms with Crippen molar-refractivity contribution >= 4 is 35.0 Å². The number of rotatable bonds is 4. The van der Waals surface area contributed by atoms with Crippen molar-refractivity contribution in [1.29, 1.82) is 0 Å². The van der Waals surface area contributed by atoms with Crippen molar-refractivity contribution in [3.63, 3.8) is 0 Å². The molecule has 8 heteroatoms. The van der Waals surface area contributed by atoms with E-state index >= 15 is 0 Å². The zero-order valence-electron chi connectivity index (χ0n) is 14.7. The van der Waals surface area contributed by atoms with E-state index in [1.165, 1.54) is 0 Å². The molecule has 2 aromatic carbocycles. The zero-order chi connectivity index (χ0) is 18.8. The minimum Gasteiger partial charge on any atom is -0.497 e. The molecule has 27 heavy (non-hydrogen) atoms. The number of methoxy groups -OCH3 is 1. The van der Waals surface area contributed by atoms with Crippen LogP contribution in [-0.4, -0.2) is 30.0 Å². The predicted molar refractivity (Wildman–Crippen MR) is 105 cm³/mol. The Morgan fingerprint density at radius 3 is 2.74 bits per heavy atom. The lowest BCUT2D eigenvalue weighted by atomic mass is 10.2. The Bertz CT molecular complexity index is 1010. The Kier molecular flexibility index (Phi) is 4.52. The van der Waals surface area contributed by atoms with E-state index in [2.05, 4.69) is 20.4 Å². The van der Waals surface area contributed by atoms with E-state index in [1.54, 1.807) is 43.6 Å². The van der Waals surface area contributed by atoms with Gasteiger partial charge in [0.1, 0.15) is 5.75 Å². The number of benzene rings is 2. The van der Waals surface area contributed by atoms with Crippen molar-refractivity contribution in [3.05, 3.63) is 65.3 Å². The lowest BCUT2D eigenvalue weighted by Gasteiger charge is -2.24. The number of anilines is 3. The third-order valence-electron chi connectivity index (χ3n) is 3.92. The lowest BCUT2D eigenvalue weighted by molar-refractivity contribution is 0.414. The summed E-state index contributed by atoms with van der Waals surface area (Å²) in [6.45, 7) is 0. The zero-order valence-corrected chi connectivity index (χ0v) is 15.4. The van der Waals surface area contributed by atoms with E-state index in [0.29, 0.717) is 39.7 Å². The van der Waals surface area contributed by atoms with Gasteiger partial charge in [0.05, 0.1) is 23.9 Å². The van der Waals surface area contributed by atoms with Crippen LogP contribution in [0.4, 0.5) is 17.5 Å². The molecule has 0 aliphatic carbocycles. The fourth-order valence-electron chi connectivity index (χ4n) is 2.59. The van der Waals surface area contributed by atoms with Gasteiger partial charge in [0.25, 0.3) is 0 Å².